The number of hydrogen-bond acceptors (Lipinski definition) is 7. The van der Waals surface area contributed by atoms with Crippen LogP contribution in [0.1, 0.15) is 45.4 Å². The van der Waals surface area contributed by atoms with E-state index in [0.717, 1.165) is 67.3 Å². The van der Waals surface area contributed by atoms with Gasteiger partial charge in [-0.3, -0.25) is 4.79 Å². The molecule has 33 heavy (non-hydrogen) atoms. The zero-order valence-electron chi connectivity index (χ0n) is 18.7. The molecule has 6 rings (SSSR count). The number of piperazine rings is 1. The maximum absolute atomic E-state index is 12.8. The molecule has 3 aliphatic rings. The van der Waals surface area contributed by atoms with Crippen LogP contribution in [0, 0.1) is 6.92 Å². The summed E-state index contributed by atoms with van der Waals surface area (Å²) in [5, 5.41) is 0. The molecule has 4 heterocycles. The fraction of sp³-hybridized carbons (Fsp3) is 0.400. The lowest BCUT2D eigenvalue weighted by molar-refractivity contribution is -0.914. The first-order chi connectivity index (χ1) is 16.1. The second kappa shape index (κ2) is 8.19. The number of ether oxygens (including phenoxy) is 2. The van der Waals surface area contributed by atoms with E-state index < -0.39 is 0 Å². The predicted octanol–water partition coefficient (Wildman–Crippen LogP) is 1.92. The molecule has 2 aromatic heterocycles. The van der Waals surface area contributed by atoms with Gasteiger partial charge in [0.25, 0.3) is 0 Å². The Kier molecular flexibility index (Phi) is 5.02. The summed E-state index contributed by atoms with van der Waals surface area (Å²) in [6.07, 6.45) is 2.82. The molecule has 0 spiro atoms. The van der Waals surface area contributed by atoms with Crippen molar-refractivity contribution in [2.75, 3.05) is 37.9 Å². The number of benzene rings is 1. The van der Waals surface area contributed by atoms with Crippen molar-refractivity contribution < 1.29 is 23.6 Å². The lowest BCUT2D eigenvalue weighted by Crippen LogP contribution is -3.13. The van der Waals surface area contributed by atoms with Gasteiger partial charge < -0.3 is 23.7 Å². The number of aryl methyl sites for hydroxylation is 1. The quantitative estimate of drug-likeness (QED) is 0.654. The van der Waals surface area contributed by atoms with Crippen LogP contribution in [0.25, 0.3) is 0 Å². The van der Waals surface area contributed by atoms with E-state index in [2.05, 4.69) is 17.0 Å². The summed E-state index contributed by atoms with van der Waals surface area (Å²) < 4.78 is 16.5. The Bertz CT molecular complexity index is 1190. The fourth-order valence-electron chi connectivity index (χ4n) is 5.16. The normalized spacial score (nSPS) is 20.2. The molecular formula is C25H27N4O4+. The first-order valence-electron chi connectivity index (χ1n) is 11.5. The monoisotopic (exact) mass is 447 g/mol. The topological polar surface area (TPSA) is 82.1 Å². The minimum absolute atomic E-state index is 0.0464. The molecule has 2 aliphatic heterocycles. The predicted molar refractivity (Wildman–Crippen MR) is 120 cm³/mol. The molecule has 1 N–H and O–H groups in total. The number of carbonyl (C=O) groups is 1. The summed E-state index contributed by atoms with van der Waals surface area (Å²) in [4.78, 5) is 26.2. The Morgan fingerprint density at radius 3 is 2.76 bits per heavy atom. The van der Waals surface area contributed by atoms with Crippen LogP contribution < -0.4 is 19.3 Å². The minimum atomic E-state index is 0.0464. The molecule has 0 amide bonds. The van der Waals surface area contributed by atoms with Crippen LogP contribution in [0.15, 0.2) is 41.0 Å². The number of quaternary nitrogens is 1. The van der Waals surface area contributed by atoms with Gasteiger partial charge in [-0.25, -0.2) is 9.97 Å². The molecule has 1 aromatic carbocycles. The van der Waals surface area contributed by atoms with Crippen molar-refractivity contribution >= 4 is 11.7 Å². The number of anilines is 1. The van der Waals surface area contributed by atoms with Gasteiger partial charge in [0.05, 0.1) is 49.4 Å². The summed E-state index contributed by atoms with van der Waals surface area (Å²) in [6, 6.07) is 10.0. The Labute approximate surface area is 192 Å². The Morgan fingerprint density at radius 1 is 1.09 bits per heavy atom. The van der Waals surface area contributed by atoms with E-state index in [4.69, 9.17) is 23.9 Å². The first kappa shape index (κ1) is 20.2. The highest BCUT2D eigenvalue weighted by Gasteiger charge is 2.32. The van der Waals surface area contributed by atoms with E-state index in [1.54, 1.807) is 6.26 Å². The van der Waals surface area contributed by atoms with E-state index in [-0.39, 0.29) is 11.7 Å². The molecule has 0 saturated carbocycles. The number of nitrogens with one attached hydrogen (secondary N) is 1. The minimum Gasteiger partial charge on any atom is -0.469 e. The highest BCUT2D eigenvalue weighted by Crippen LogP contribution is 2.34. The van der Waals surface area contributed by atoms with Gasteiger partial charge in [-0.2, -0.15) is 0 Å². The number of furan rings is 1. The molecule has 170 valence electrons. The largest absolute Gasteiger partial charge is 0.469 e. The van der Waals surface area contributed by atoms with Crippen molar-refractivity contribution in [3.8, 4) is 11.5 Å². The van der Waals surface area contributed by atoms with Gasteiger partial charge in [-0.15, -0.1) is 0 Å². The molecule has 8 heteroatoms. The van der Waals surface area contributed by atoms with Crippen molar-refractivity contribution in [1.82, 2.24) is 9.97 Å². The molecule has 1 atom stereocenters. The van der Waals surface area contributed by atoms with Crippen LogP contribution in [0.3, 0.4) is 0 Å². The summed E-state index contributed by atoms with van der Waals surface area (Å²) in [6.45, 7) is 6.95. The van der Waals surface area contributed by atoms with Gasteiger partial charge in [-0.05, 0) is 37.3 Å². The zero-order valence-corrected chi connectivity index (χ0v) is 18.7. The van der Waals surface area contributed by atoms with Crippen LogP contribution in [-0.2, 0) is 13.0 Å². The van der Waals surface area contributed by atoms with Crippen molar-refractivity contribution in [2.45, 2.75) is 32.2 Å². The average molecular weight is 448 g/mol. The third-order valence-corrected chi connectivity index (χ3v) is 6.89. The van der Waals surface area contributed by atoms with Crippen LogP contribution in [-0.4, -0.2) is 48.7 Å². The summed E-state index contributed by atoms with van der Waals surface area (Å²) >= 11 is 0. The van der Waals surface area contributed by atoms with Gasteiger partial charge in [0.15, 0.2) is 17.3 Å². The second-order valence-corrected chi connectivity index (χ2v) is 9.08. The summed E-state index contributed by atoms with van der Waals surface area (Å²) in [5.41, 5.74) is 3.60. The molecule has 1 fully saturated rings. The van der Waals surface area contributed by atoms with E-state index in [1.165, 1.54) is 10.5 Å². The third kappa shape index (κ3) is 3.84. The molecule has 0 radical (unpaired) electrons. The fourth-order valence-corrected chi connectivity index (χ4v) is 5.16. The number of hydrogen-bond donors (Lipinski definition) is 1. The first-order valence-corrected chi connectivity index (χ1v) is 11.5. The summed E-state index contributed by atoms with van der Waals surface area (Å²) in [5.74, 6) is 3.41. The number of rotatable bonds is 4. The number of carbonyl (C=O) groups excluding carboxylic acids is 1. The number of fused-ring (bicyclic) bond motifs is 2. The Balaban J connectivity index is 1.15. The molecule has 1 saturated heterocycles. The highest BCUT2D eigenvalue weighted by molar-refractivity contribution is 5.99. The molecule has 3 aromatic rings. The Morgan fingerprint density at radius 2 is 1.94 bits per heavy atom. The highest BCUT2D eigenvalue weighted by atomic mass is 16.7. The van der Waals surface area contributed by atoms with Gasteiger partial charge in [0, 0.05) is 24.3 Å². The van der Waals surface area contributed by atoms with Crippen molar-refractivity contribution in [1.29, 1.82) is 0 Å². The number of ketones is 1. The van der Waals surface area contributed by atoms with Crippen LogP contribution in [0.5, 0.6) is 11.5 Å². The van der Waals surface area contributed by atoms with E-state index in [0.29, 0.717) is 25.2 Å². The maximum atomic E-state index is 12.8. The van der Waals surface area contributed by atoms with Gasteiger partial charge >= 0.3 is 0 Å². The third-order valence-electron chi connectivity index (χ3n) is 6.89. The van der Waals surface area contributed by atoms with Gasteiger partial charge in [0.2, 0.25) is 12.7 Å². The lowest BCUT2D eigenvalue weighted by atomic mass is 9.84. The van der Waals surface area contributed by atoms with E-state index in [9.17, 15) is 4.79 Å². The lowest BCUT2D eigenvalue weighted by Gasteiger charge is -2.33. The Hall–Kier alpha value is -3.39. The molecule has 1 aliphatic carbocycles. The molecule has 0 bridgehead atoms. The summed E-state index contributed by atoms with van der Waals surface area (Å²) in [7, 11) is 0. The molecule has 8 nitrogen and oxygen atoms in total. The number of aromatic nitrogens is 2. The maximum Gasteiger partial charge on any atom is 0.231 e. The van der Waals surface area contributed by atoms with Crippen molar-refractivity contribution in [3.63, 3.8) is 0 Å². The van der Waals surface area contributed by atoms with Crippen LogP contribution >= 0.6 is 0 Å². The average Bonchev–Trinajstić information content (AvgIpc) is 3.51. The smallest absolute Gasteiger partial charge is 0.231 e. The SMILES string of the molecule is Cc1nc(N2CC[NH+](Cc3ccc4c(c3)OCO4)CC2)nc2c1C(=O)C[C@H](c1ccco1)C2. The number of Topliss-reactive ketones (excluding diaryl/α,β-unsaturated/α-hetero) is 1. The standard InChI is InChI=1S/C25H26N4O4/c1-16-24-19(12-18(13-20(24)30)21-3-2-10-31-21)27-25(26-16)29-8-6-28(7-9-29)14-17-4-5-22-23(11-17)33-15-32-22/h2-5,10-11,18H,6-9,12-15H2,1H3/p+1/t18-/m1/s1. The molecular weight excluding hydrogens is 420 g/mol. The molecule has 0 unspecified atom stereocenters. The van der Waals surface area contributed by atoms with E-state index in [1.807, 2.05) is 25.1 Å². The van der Waals surface area contributed by atoms with E-state index >= 15 is 0 Å². The second-order valence-electron chi connectivity index (χ2n) is 9.08. The zero-order chi connectivity index (χ0) is 22.4. The van der Waals surface area contributed by atoms with Crippen molar-refractivity contribution in [3.05, 3.63) is 64.9 Å². The van der Waals surface area contributed by atoms with Crippen LogP contribution in [0.2, 0.25) is 0 Å². The van der Waals surface area contributed by atoms with Gasteiger partial charge in [-0.1, -0.05) is 0 Å². The van der Waals surface area contributed by atoms with Crippen molar-refractivity contribution in [2.24, 2.45) is 0 Å². The van der Waals surface area contributed by atoms with Crippen LogP contribution in [0.4, 0.5) is 5.95 Å². The number of nitrogens with zero attached hydrogens (tertiary/aromatic N) is 3. The van der Waals surface area contributed by atoms with Gasteiger partial charge in [0.1, 0.15) is 12.3 Å².